The molecule has 1 N–H and O–H groups in total. The van der Waals surface area contributed by atoms with Gasteiger partial charge in [-0.05, 0) is 31.0 Å². The monoisotopic (exact) mass is 307 g/mol. The smallest absolute Gasteiger partial charge is 0.317 e. The molecule has 1 atom stereocenters. The van der Waals surface area contributed by atoms with E-state index < -0.39 is 0 Å². The van der Waals surface area contributed by atoms with E-state index in [2.05, 4.69) is 10.3 Å². The van der Waals surface area contributed by atoms with Crippen molar-refractivity contribution >= 4 is 17.4 Å². The Balaban J connectivity index is 1.84. The summed E-state index contributed by atoms with van der Waals surface area (Å²) in [4.78, 5) is 17.8. The fraction of sp³-hybridized carbons (Fsp3) is 0.333. The van der Waals surface area contributed by atoms with E-state index in [-0.39, 0.29) is 17.9 Å². The summed E-state index contributed by atoms with van der Waals surface area (Å²) in [5.41, 5.74) is 0.866. The van der Waals surface area contributed by atoms with Gasteiger partial charge >= 0.3 is 6.03 Å². The Morgan fingerprint density at radius 1 is 1.52 bits per heavy atom. The molecule has 0 spiro atoms. The number of hydrogen-bond donors (Lipinski definition) is 1. The van der Waals surface area contributed by atoms with Crippen LogP contribution in [-0.4, -0.2) is 29.0 Å². The molecule has 0 unspecified atom stereocenters. The van der Waals surface area contributed by atoms with Crippen LogP contribution in [-0.2, 0) is 13.0 Å². The molecule has 0 saturated carbocycles. The van der Waals surface area contributed by atoms with Crippen LogP contribution >= 0.6 is 11.3 Å². The molecule has 0 aliphatic heterocycles. The molecule has 1 aromatic heterocycles. The van der Waals surface area contributed by atoms with Crippen molar-refractivity contribution in [2.45, 2.75) is 25.9 Å². The van der Waals surface area contributed by atoms with Crippen molar-refractivity contribution in [1.29, 1.82) is 0 Å². The molecule has 6 heteroatoms. The Labute approximate surface area is 127 Å². The van der Waals surface area contributed by atoms with E-state index in [0.29, 0.717) is 13.0 Å². The van der Waals surface area contributed by atoms with Crippen LogP contribution in [0.5, 0.6) is 0 Å². The molecule has 4 nitrogen and oxygen atoms in total. The SMILES string of the molecule is C[C@@H](Cc1cccc(F)c1)NC(=O)N(C)Cc1nccs1. The lowest BCUT2D eigenvalue weighted by atomic mass is 10.1. The summed E-state index contributed by atoms with van der Waals surface area (Å²) in [5.74, 6) is -0.257. The molecule has 1 aromatic carbocycles. The third-order valence-corrected chi connectivity index (χ3v) is 3.77. The van der Waals surface area contributed by atoms with Gasteiger partial charge in [-0.3, -0.25) is 0 Å². The van der Waals surface area contributed by atoms with Crippen molar-refractivity contribution in [3.05, 3.63) is 52.2 Å². The number of aromatic nitrogens is 1. The summed E-state index contributed by atoms with van der Waals surface area (Å²) in [5, 5.41) is 5.68. The Morgan fingerprint density at radius 3 is 3.00 bits per heavy atom. The number of nitrogens with one attached hydrogen (secondary N) is 1. The van der Waals surface area contributed by atoms with Gasteiger partial charge in [-0.2, -0.15) is 0 Å². The second-order valence-corrected chi connectivity index (χ2v) is 5.95. The number of nitrogens with zero attached hydrogens (tertiary/aromatic N) is 2. The lowest BCUT2D eigenvalue weighted by Crippen LogP contribution is -2.42. The van der Waals surface area contributed by atoms with Crippen LogP contribution in [0.1, 0.15) is 17.5 Å². The zero-order valence-electron chi connectivity index (χ0n) is 12.0. The van der Waals surface area contributed by atoms with E-state index in [1.807, 2.05) is 18.4 Å². The fourth-order valence-corrected chi connectivity index (χ4v) is 2.66. The lowest BCUT2D eigenvalue weighted by Gasteiger charge is -2.20. The van der Waals surface area contributed by atoms with Crippen LogP contribution < -0.4 is 5.32 Å². The number of hydrogen-bond acceptors (Lipinski definition) is 3. The zero-order valence-corrected chi connectivity index (χ0v) is 12.9. The quantitative estimate of drug-likeness (QED) is 0.923. The standard InChI is InChI=1S/C15H18FN3OS/c1-11(8-12-4-3-5-13(16)9-12)18-15(20)19(2)10-14-17-6-7-21-14/h3-7,9,11H,8,10H2,1-2H3,(H,18,20)/t11-/m0/s1. The first kappa shape index (κ1) is 15.4. The fourth-order valence-electron chi connectivity index (χ4n) is 2.00. The van der Waals surface area contributed by atoms with Crippen molar-refractivity contribution < 1.29 is 9.18 Å². The maximum absolute atomic E-state index is 13.1. The summed E-state index contributed by atoms with van der Waals surface area (Å²) >= 11 is 1.52. The Hall–Kier alpha value is -1.95. The Morgan fingerprint density at radius 2 is 2.33 bits per heavy atom. The van der Waals surface area contributed by atoms with E-state index >= 15 is 0 Å². The molecule has 0 aliphatic carbocycles. The third kappa shape index (κ3) is 4.82. The van der Waals surface area contributed by atoms with Crippen LogP contribution in [0, 0.1) is 5.82 Å². The minimum absolute atomic E-state index is 0.0713. The molecule has 0 radical (unpaired) electrons. The molecule has 2 aromatic rings. The maximum atomic E-state index is 13.1. The van der Waals surface area contributed by atoms with Crippen LogP contribution in [0.15, 0.2) is 35.8 Å². The van der Waals surface area contributed by atoms with Crippen molar-refractivity contribution in [3.63, 3.8) is 0 Å². The number of rotatable bonds is 5. The van der Waals surface area contributed by atoms with Gasteiger partial charge < -0.3 is 10.2 Å². The number of urea groups is 1. The first-order chi connectivity index (χ1) is 10.0. The van der Waals surface area contributed by atoms with Crippen LogP contribution in [0.25, 0.3) is 0 Å². The van der Waals surface area contributed by atoms with E-state index in [1.165, 1.54) is 23.5 Å². The summed E-state index contributed by atoms with van der Waals surface area (Å²) in [6, 6.07) is 6.20. The van der Waals surface area contributed by atoms with Gasteiger partial charge in [-0.15, -0.1) is 11.3 Å². The van der Waals surface area contributed by atoms with E-state index in [1.54, 1.807) is 24.2 Å². The molecule has 2 rings (SSSR count). The van der Waals surface area contributed by atoms with Gasteiger partial charge in [0.1, 0.15) is 10.8 Å². The highest BCUT2D eigenvalue weighted by Gasteiger charge is 2.13. The normalized spacial score (nSPS) is 12.0. The third-order valence-electron chi connectivity index (χ3n) is 3.00. The average molecular weight is 307 g/mol. The predicted molar refractivity (Wildman–Crippen MR) is 81.7 cm³/mol. The Kier molecular flexibility index (Phi) is 5.27. The summed E-state index contributed by atoms with van der Waals surface area (Å²) < 4.78 is 13.1. The van der Waals surface area contributed by atoms with E-state index in [9.17, 15) is 9.18 Å². The van der Waals surface area contributed by atoms with Crippen molar-refractivity contribution in [2.24, 2.45) is 0 Å². The number of halogens is 1. The largest absolute Gasteiger partial charge is 0.335 e. The molecule has 0 aliphatic rings. The molecule has 2 amide bonds. The van der Waals surface area contributed by atoms with Gasteiger partial charge in [0.2, 0.25) is 0 Å². The molecular formula is C15H18FN3OS. The average Bonchev–Trinajstić information content (AvgIpc) is 2.91. The van der Waals surface area contributed by atoms with Crippen LogP contribution in [0.3, 0.4) is 0 Å². The summed E-state index contributed by atoms with van der Waals surface area (Å²) in [6.07, 6.45) is 2.31. The maximum Gasteiger partial charge on any atom is 0.317 e. The number of carbonyl (C=O) groups is 1. The van der Waals surface area contributed by atoms with Crippen LogP contribution in [0.2, 0.25) is 0 Å². The molecular weight excluding hydrogens is 289 g/mol. The van der Waals surface area contributed by atoms with Gasteiger partial charge in [-0.25, -0.2) is 14.2 Å². The van der Waals surface area contributed by atoms with E-state index in [4.69, 9.17) is 0 Å². The van der Waals surface area contributed by atoms with Crippen LogP contribution in [0.4, 0.5) is 9.18 Å². The van der Waals surface area contributed by atoms with Crippen molar-refractivity contribution in [2.75, 3.05) is 7.05 Å². The van der Waals surface area contributed by atoms with E-state index in [0.717, 1.165) is 10.6 Å². The molecule has 0 saturated heterocycles. The minimum atomic E-state index is -0.257. The summed E-state index contributed by atoms with van der Waals surface area (Å²) in [7, 11) is 1.73. The number of benzene rings is 1. The van der Waals surface area contributed by atoms with Gasteiger partial charge in [0.25, 0.3) is 0 Å². The number of thiazole rings is 1. The highest BCUT2D eigenvalue weighted by atomic mass is 32.1. The Bertz CT molecular complexity index is 588. The topological polar surface area (TPSA) is 45.2 Å². The molecule has 21 heavy (non-hydrogen) atoms. The number of carbonyl (C=O) groups excluding carboxylic acids is 1. The molecule has 0 fully saturated rings. The second-order valence-electron chi connectivity index (χ2n) is 4.97. The highest BCUT2D eigenvalue weighted by Crippen LogP contribution is 2.08. The zero-order chi connectivity index (χ0) is 15.2. The van der Waals surface area contributed by atoms with Gasteiger partial charge in [0, 0.05) is 24.7 Å². The van der Waals surface area contributed by atoms with Crippen molar-refractivity contribution in [1.82, 2.24) is 15.2 Å². The van der Waals surface area contributed by atoms with Crippen molar-refractivity contribution in [3.8, 4) is 0 Å². The lowest BCUT2D eigenvalue weighted by molar-refractivity contribution is 0.203. The summed E-state index contributed by atoms with van der Waals surface area (Å²) in [6.45, 7) is 2.39. The highest BCUT2D eigenvalue weighted by molar-refractivity contribution is 7.09. The van der Waals surface area contributed by atoms with Gasteiger partial charge in [0.05, 0.1) is 6.54 Å². The second kappa shape index (κ2) is 7.17. The first-order valence-corrected chi connectivity index (χ1v) is 7.57. The predicted octanol–water partition coefficient (Wildman–Crippen LogP) is 3.05. The van der Waals surface area contributed by atoms with Gasteiger partial charge in [-0.1, -0.05) is 12.1 Å². The molecule has 0 bridgehead atoms. The number of amides is 2. The minimum Gasteiger partial charge on any atom is -0.335 e. The molecule has 112 valence electrons. The molecule has 1 heterocycles. The van der Waals surface area contributed by atoms with Gasteiger partial charge in [0.15, 0.2) is 0 Å². The first-order valence-electron chi connectivity index (χ1n) is 6.69.